The lowest BCUT2D eigenvalue weighted by Gasteiger charge is -2.03. The van der Waals surface area contributed by atoms with Crippen molar-refractivity contribution in [2.75, 3.05) is 6.61 Å². The molecule has 0 saturated carbocycles. The summed E-state index contributed by atoms with van der Waals surface area (Å²) < 4.78 is 5.43. The number of rotatable bonds is 10. The zero-order chi connectivity index (χ0) is 12.2. The summed E-state index contributed by atoms with van der Waals surface area (Å²) in [7, 11) is 0. The Morgan fingerprint density at radius 2 is 1.47 bits per heavy atom. The first kappa shape index (κ1) is 13.9. The van der Waals surface area contributed by atoms with E-state index in [0.717, 1.165) is 13.0 Å². The second-order valence-electron chi connectivity index (χ2n) is 4.35. The predicted molar refractivity (Wildman–Crippen MR) is 70.1 cm³/mol. The fourth-order valence-electron chi connectivity index (χ4n) is 1.76. The molecule has 0 fully saturated rings. The number of nitrogens with zero attached hydrogens (tertiary/aromatic N) is 2. The zero-order valence-electron chi connectivity index (χ0n) is 10.9. The number of unbranched alkanes of at least 4 members (excludes halogenated alkanes) is 7. The van der Waals surface area contributed by atoms with Gasteiger partial charge in [0.15, 0.2) is 0 Å². The lowest BCUT2D eigenvalue weighted by atomic mass is 10.1. The molecule has 1 rings (SSSR count). The third kappa shape index (κ3) is 7.72. The highest BCUT2D eigenvalue weighted by Gasteiger charge is 1.95. The Hall–Kier alpha value is -1.12. The number of aromatic nitrogens is 2. The van der Waals surface area contributed by atoms with Crippen molar-refractivity contribution in [2.45, 2.75) is 58.3 Å². The molecule has 17 heavy (non-hydrogen) atoms. The summed E-state index contributed by atoms with van der Waals surface area (Å²) in [6, 6.07) is 2.29. The molecule has 0 radical (unpaired) electrons. The Morgan fingerprint density at radius 1 is 0.882 bits per heavy atom. The van der Waals surface area contributed by atoms with Gasteiger partial charge < -0.3 is 4.74 Å². The smallest absolute Gasteiger partial charge is 0.316 e. The molecule has 0 aliphatic carbocycles. The molecular formula is C14H24N2O. The van der Waals surface area contributed by atoms with Crippen molar-refractivity contribution in [1.82, 2.24) is 9.97 Å². The van der Waals surface area contributed by atoms with Crippen molar-refractivity contribution in [3.05, 3.63) is 18.5 Å². The van der Waals surface area contributed by atoms with Gasteiger partial charge in [-0.05, 0) is 12.5 Å². The van der Waals surface area contributed by atoms with Crippen LogP contribution in [-0.2, 0) is 0 Å². The van der Waals surface area contributed by atoms with Crippen LogP contribution >= 0.6 is 0 Å². The van der Waals surface area contributed by atoms with Gasteiger partial charge in [0.25, 0.3) is 0 Å². The average Bonchev–Trinajstić information content (AvgIpc) is 2.38. The van der Waals surface area contributed by atoms with Gasteiger partial charge >= 0.3 is 6.01 Å². The van der Waals surface area contributed by atoms with Gasteiger partial charge in [-0.3, -0.25) is 0 Å². The summed E-state index contributed by atoms with van der Waals surface area (Å²) in [5.74, 6) is 0. The molecule has 3 heteroatoms. The highest BCUT2D eigenvalue weighted by atomic mass is 16.5. The van der Waals surface area contributed by atoms with Gasteiger partial charge in [-0.1, -0.05) is 51.9 Å². The minimum Gasteiger partial charge on any atom is -0.463 e. The van der Waals surface area contributed by atoms with E-state index in [4.69, 9.17) is 4.74 Å². The standard InChI is InChI=1S/C14H24N2O/c1-2-3-4-5-6-7-8-9-13-17-14-15-11-10-12-16-14/h10-12H,2-9,13H2,1H3. The average molecular weight is 236 g/mol. The molecule has 0 atom stereocenters. The molecule has 0 saturated heterocycles. The van der Waals surface area contributed by atoms with Gasteiger partial charge in [-0.2, -0.15) is 0 Å². The van der Waals surface area contributed by atoms with Crippen molar-refractivity contribution >= 4 is 0 Å². The van der Waals surface area contributed by atoms with E-state index in [9.17, 15) is 0 Å². The van der Waals surface area contributed by atoms with E-state index in [1.807, 2.05) is 0 Å². The molecule has 0 N–H and O–H groups in total. The highest BCUT2D eigenvalue weighted by Crippen LogP contribution is 2.08. The Bertz CT molecular complexity index is 264. The first-order valence-electron chi connectivity index (χ1n) is 6.83. The van der Waals surface area contributed by atoms with Crippen molar-refractivity contribution in [3.63, 3.8) is 0 Å². The van der Waals surface area contributed by atoms with Gasteiger partial charge in [-0.25, -0.2) is 9.97 Å². The fourth-order valence-corrected chi connectivity index (χ4v) is 1.76. The van der Waals surface area contributed by atoms with Crippen molar-refractivity contribution in [3.8, 4) is 6.01 Å². The van der Waals surface area contributed by atoms with E-state index < -0.39 is 0 Å². The first-order chi connectivity index (χ1) is 8.43. The summed E-state index contributed by atoms with van der Waals surface area (Å²) >= 11 is 0. The Labute approximate surface area is 105 Å². The molecule has 0 aromatic carbocycles. The lowest BCUT2D eigenvalue weighted by Crippen LogP contribution is -2.00. The molecular weight excluding hydrogens is 212 g/mol. The summed E-state index contributed by atoms with van der Waals surface area (Å²) in [6.07, 6.45) is 13.9. The molecule has 3 nitrogen and oxygen atoms in total. The van der Waals surface area contributed by atoms with E-state index in [1.54, 1.807) is 18.5 Å². The topological polar surface area (TPSA) is 35.0 Å². The molecule has 1 heterocycles. The van der Waals surface area contributed by atoms with Crippen LogP contribution in [0, 0.1) is 0 Å². The quantitative estimate of drug-likeness (QED) is 0.576. The summed E-state index contributed by atoms with van der Waals surface area (Å²) in [5, 5.41) is 0. The monoisotopic (exact) mass is 236 g/mol. The SMILES string of the molecule is CCCCCCCCCCOc1ncccn1. The third-order valence-electron chi connectivity index (χ3n) is 2.77. The fraction of sp³-hybridized carbons (Fsp3) is 0.714. The van der Waals surface area contributed by atoms with Crippen molar-refractivity contribution in [2.24, 2.45) is 0 Å². The van der Waals surface area contributed by atoms with Crippen LogP contribution in [0.15, 0.2) is 18.5 Å². The first-order valence-corrected chi connectivity index (χ1v) is 6.83. The van der Waals surface area contributed by atoms with Crippen molar-refractivity contribution < 1.29 is 4.74 Å². The van der Waals surface area contributed by atoms with Gasteiger partial charge in [0.1, 0.15) is 0 Å². The third-order valence-corrected chi connectivity index (χ3v) is 2.77. The molecule has 0 spiro atoms. The molecule has 0 aliphatic rings. The maximum Gasteiger partial charge on any atom is 0.316 e. The van der Waals surface area contributed by atoms with Gasteiger partial charge in [-0.15, -0.1) is 0 Å². The van der Waals surface area contributed by atoms with Crippen LogP contribution in [0.5, 0.6) is 6.01 Å². The van der Waals surface area contributed by atoms with Crippen LogP contribution in [0.25, 0.3) is 0 Å². The number of ether oxygens (including phenoxy) is 1. The minimum absolute atomic E-state index is 0.496. The largest absolute Gasteiger partial charge is 0.463 e. The Balaban J connectivity index is 1.85. The summed E-state index contributed by atoms with van der Waals surface area (Å²) in [6.45, 7) is 2.99. The van der Waals surface area contributed by atoms with Gasteiger partial charge in [0.2, 0.25) is 0 Å². The summed E-state index contributed by atoms with van der Waals surface area (Å²) in [4.78, 5) is 8.03. The van der Waals surface area contributed by atoms with E-state index in [1.165, 1.54) is 44.9 Å². The highest BCUT2D eigenvalue weighted by molar-refractivity contribution is 4.92. The Kier molecular flexibility index (Phi) is 8.25. The molecule has 1 aromatic heterocycles. The molecule has 96 valence electrons. The predicted octanol–water partition coefficient (Wildman–Crippen LogP) is 4.00. The second kappa shape index (κ2) is 10.1. The normalized spacial score (nSPS) is 10.4. The zero-order valence-corrected chi connectivity index (χ0v) is 10.9. The van der Waals surface area contributed by atoms with E-state index in [0.29, 0.717) is 6.01 Å². The molecule has 0 amide bonds. The van der Waals surface area contributed by atoms with Gasteiger partial charge in [0, 0.05) is 12.4 Å². The lowest BCUT2D eigenvalue weighted by molar-refractivity contribution is 0.281. The maximum atomic E-state index is 5.43. The van der Waals surface area contributed by atoms with Crippen LogP contribution < -0.4 is 4.74 Å². The van der Waals surface area contributed by atoms with E-state index in [2.05, 4.69) is 16.9 Å². The number of hydrogen-bond acceptors (Lipinski definition) is 3. The van der Waals surface area contributed by atoms with E-state index in [-0.39, 0.29) is 0 Å². The molecule has 0 unspecified atom stereocenters. The summed E-state index contributed by atoms with van der Waals surface area (Å²) in [5.41, 5.74) is 0. The minimum atomic E-state index is 0.496. The van der Waals surface area contributed by atoms with Gasteiger partial charge in [0.05, 0.1) is 6.61 Å². The van der Waals surface area contributed by atoms with Crippen LogP contribution in [0.4, 0.5) is 0 Å². The Morgan fingerprint density at radius 3 is 2.12 bits per heavy atom. The molecule has 0 bridgehead atoms. The number of hydrogen-bond donors (Lipinski definition) is 0. The van der Waals surface area contributed by atoms with E-state index >= 15 is 0 Å². The van der Waals surface area contributed by atoms with Crippen LogP contribution in [-0.4, -0.2) is 16.6 Å². The second-order valence-corrected chi connectivity index (χ2v) is 4.35. The molecule has 1 aromatic rings. The van der Waals surface area contributed by atoms with Crippen molar-refractivity contribution in [1.29, 1.82) is 0 Å². The maximum absolute atomic E-state index is 5.43. The van der Waals surface area contributed by atoms with Crippen LogP contribution in [0.1, 0.15) is 58.3 Å². The van der Waals surface area contributed by atoms with Crippen LogP contribution in [0.2, 0.25) is 0 Å². The molecule has 0 aliphatic heterocycles. The van der Waals surface area contributed by atoms with Crippen LogP contribution in [0.3, 0.4) is 0 Å².